The van der Waals surface area contributed by atoms with Crippen molar-refractivity contribution in [2.24, 2.45) is 5.18 Å². The van der Waals surface area contributed by atoms with Gasteiger partial charge in [-0.1, -0.05) is 18.2 Å². The number of rotatable bonds is 1. The molecular formula is C14H8N2O2S. The van der Waals surface area contributed by atoms with Crippen LogP contribution in [0.15, 0.2) is 41.6 Å². The molecule has 0 radical (unpaired) electrons. The minimum absolute atomic E-state index is 0.0872. The summed E-state index contributed by atoms with van der Waals surface area (Å²) >= 11 is 1.67. The van der Waals surface area contributed by atoms with Gasteiger partial charge in [-0.15, -0.1) is 16.2 Å². The number of benzene rings is 2. The number of nitroso groups, excluding NO2 is 1. The lowest BCUT2D eigenvalue weighted by molar-refractivity contribution is 0.460. The Balaban J connectivity index is 2.38. The molecule has 0 aliphatic heterocycles. The van der Waals surface area contributed by atoms with Gasteiger partial charge >= 0.3 is 0 Å². The average molecular weight is 268 g/mol. The number of hydrogen-bond acceptors (Lipinski definition) is 4. The third kappa shape index (κ3) is 1.27. The van der Waals surface area contributed by atoms with E-state index >= 15 is 0 Å². The van der Waals surface area contributed by atoms with Gasteiger partial charge in [0.15, 0.2) is 5.69 Å². The van der Waals surface area contributed by atoms with Crippen LogP contribution in [0.2, 0.25) is 0 Å². The van der Waals surface area contributed by atoms with Crippen molar-refractivity contribution in [2.75, 3.05) is 0 Å². The van der Waals surface area contributed by atoms with Crippen LogP contribution >= 0.6 is 11.3 Å². The molecule has 0 spiro atoms. The second-order valence-electron chi connectivity index (χ2n) is 4.37. The number of nitrogens with one attached hydrogen (secondary N) is 1. The lowest BCUT2D eigenvalue weighted by Gasteiger charge is -1.95. The van der Waals surface area contributed by atoms with Gasteiger partial charge in [-0.25, -0.2) is 0 Å². The Bertz CT molecular complexity index is 952. The Labute approximate surface area is 111 Å². The van der Waals surface area contributed by atoms with Crippen LogP contribution in [0.5, 0.6) is 5.88 Å². The van der Waals surface area contributed by atoms with E-state index < -0.39 is 0 Å². The SMILES string of the molecule is O=Nc1c(O)[nH]c2ccc3sc4ccccc4c3c12. The Hall–Kier alpha value is -2.40. The van der Waals surface area contributed by atoms with E-state index in [0.717, 1.165) is 25.7 Å². The van der Waals surface area contributed by atoms with Gasteiger partial charge in [-0.05, 0) is 23.4 Å². The maximum absolute atomic E-state index is 11.0. The van der Waals surface area contributed by atoms with Crippen LogP contribution in [0.1, 0.15) is 0 Å². The van der Waals surface area contributed by atoms with E-state index in [-0.39, 0.29) is 11.6 Å². The van der Waals surface area contributed by atoms with Crippen LogP contribution in [0.3, 0.4) is 0 Å². The third-order valence-electron chi connectivity index (χ3n) is 3.35. The zero-order valence-electron chi connectivity index (χ0n) is 9.68. The van der Waals surface area contributed by atoms with Gasteiger partial charge in [0.2, 0.25) is 5.88 Å². The molecular weight excluding hydrogens is 260 g/mol. The monoisotopic (exact) mass is 268 g/mol. The second kappa shape index (κ2) is 3.55. The van der Waals surface area contributed by atoms with E-state index in [0.29, 0.717) is 5.39 Å². The molecule has 0 amide bonds. The summed E-state index contributed by atoms with van der Waals surface area (Å²) in [5.41, 5.74) is 0.812. The summed E-state index contributed by atoms with van der Waals surface area (Å²) in [5, 5.41) is 15.5. The highest BCUT2D eigenvalue weighted by Crippen LogP contribution is 2.44. The number of aromatic hydroxyl groups is 1. The molecule has 4 rings (SSSR count). The molecule has 2 aromatic heterocycles. The van der Waals surface area contributed by atoms with E-state index in [2.05, 4.69) is 10.2 Å². The number of H-pyrrole nitrogens is 1. The molecule has 0 saturated heterocycles. The van der Waals surface area contributed by atoms with Gasteiger partial charge in [0.05, 0.1) is 5.52 Å². The standard InChI is InChI=1S/C14H8N2O2S/c17-14-13(16-18)12-8(15-14)5-6-10-11(12)7-3-1-2-4-9(7)19-10/h1-6,15,17H. The summed E-state index contributed by atoms with van der Waals surface area (Å²) in [7, 11) is 0. The molecule has 0 saturated carbocycles. The highest BCUT2D eigenvalue weighted by atomic mass is 32.1. The van der Waals surface area contributed by atoms with Crippen molar-refractivity contribution in [3.63, 3.8) is 0 Å². The lowest BCUT2D eigenvalue weighted by atomic mass is 10.1. The van der Waals surface area contributed by atoms with Crippen molar-refractivity contribution in [3.8, 4) is 5.88 Å². The lowest BCUT2D eigenvalue weighted by Crippen LogP contribution is -1.70. The van der Waals surface area contributed by atoms with Gasteiger partial charge in [-0.2, -0.15) is 0 Å². The molecule has 2 N–H and O–H groups in total. The van der Waals surface area contributed by atoms with Crippen LogP contribution in [-0.4, -0.2) is 10.1 Å². The molecule has 92 valence electrons. The molecule has 0 unspecified atom stereocenters. The molecule has 0 aliphatic carbocycles. The predicted octanol–water partition coefficient (Wildman–Crippen LogP) is 4.64. The summed E-state index contributed by atoms with van der Waals surface area (Å²) in [6, 6.07) is 11.9. The van der Waals surface area contributed by atoms with Crippen molar-refractivity contribution in [2.45, 2.75) is 0 Å². The molecule has 0 atom stereocenters. The van der Waals surface area contributed by atoms with E-state index in [4.69, 9.17) is 0 Å². The fraction of sp³-hybridized carbons (Fsp3) is 0. The van der Waals surface area contributed by atoms with Crippen LogP contribution < -0.4 is 0 Å². The number of fused-ring (bicyclic) bond motifs is 5. The van der Waals surface area contributed by atoms with E-state index in [1.165, 1.54) is 0 Å². The largest absolute Gasteiger partial charge is 0.493 e. The third-order valence-corrected chi connectivity index (χ3v) is 4.48. The average Bonchev–Trinajstić information content (AvgIpc) is 2.94. The fourth-order valence-corrected chi connectivity index (χ4v) is 3.67. The molecule has 0 bridgehead atoms. The molecule has 5 heteroatoms. The first-order chi connectivity index (χ1) is 9.29. The molecule has 19 heavy (non-hydrogen) atoms. The summed E-state index contributed by atoms with van der Waals surface area (Å²) in [6.07, 6.45) is 0. The molecule has 2 aromatic carbocycles. The zero-order valence-corrected chi connectivity index (χ0v) is 10.5. The highest BCUT2D eigenvalue weighted by Gasteiger charge is 2.17. The molecule has 4 nitrogen and oxygen atoms in total. The smallest absolute Gasteiger partial charge is 0.219 e. The normalized spacial score (nSPS) is 11.6. The summed E-state index contributed by atoms with van der Waals surface area (Å²) in [4.78, 5) is 13.8. The van der Waals surface area contributed by atoms with Gasteiger partial charge in [0.1, 0.15) is 0 Å². The molecule has 0 aliphatic rings. The minimum Gasteiger partial charge on any atom is -0.493 e. The van der Waals surface area contributed by atoms with E-state index in [1.54, 1.807) is 11.3 Å². The first-order valence-corrected chi connectivity index (χ1v) is 6.59. The number of hydrogen-bond donors (Lipinski definition) is 2. The van der Waals surface area contributed by atoms with Crippen LogP contribution in [0.4, 0.5) is 5.69 Å². The molecule has 4 aromatic rings. The quantitative estimate of drug-likeness (QED) is 0.494. The number of aromatic nitrogens is 1. The van der Waals surface area contributed by atoms with Gasteiger partial charge in [-0.3, -0.25) is 0 Å². The fourth-order valence-electron chi connectivity index (χ4n) is 2.56. The number of aromatic amines is 1. The minimum atomic E-state index is -0.173. The predicted molar refractivity (Wildman–Crippen MR) is 78.3 cm³/mol. The number of thiophene rings is 1. The topological polar surface area (TPSA) is 65.4 Å². The van der Waals surface area contributed by atoms with Crippen LogP contribution in [0, 0.1) is 4.91 Å². The van der Waals surface area contributed by atoms with Gasteiger partial charge in [0.25, 0.3) is 0 Å². The summed E-state index contributed by atoms with van der Waals surface area (Å²) in [5.74, 6) is -0.173. The van der Waals surface area contributed by atoms with Crippen molar-refractivity contribution >= 4 is 48.1 Å². The first-order valence-electron chi connectivity index (χ1n) is 5.78. The second-order valence-corrected chi connectivity index (χ2v) is 5.46. The Morgan fingerprint density at radius 3 is 2.74 bits per heavy atom. The Kier molecular flexibility index (Phi) is 1.97. The van der Waals surface area contributed by atoms with Crippen molar-refractivity contribution in [1.29, 1.82) is 0 Å². The van der Waals surface area contributed by atoms with Crippen molar-refractivity contribution in [3.05, 3.63) is 41.3 Å². The first kappa shape index (κ1) is 10.5. The van der Waals surface area contributed by atoms with Crippen molar-refractivity contribution < 1.29 is 5.11 Å². The Morgan fingerprint density at radius 1 is 1.05 bits per heavy atom. The summed E-state index contributed by atoms with van der Waals surface area (Å²) < 4.78 is 2.24. The number of nitrogens with zero attached hydrogens (tertiary/aromatic N) is 1. The maximum Gasteiger partial charge on any atom is 0.219 e. The van der Waals surface area contributed by atoms with E-state index in [1.807, 2.05) is 36.4 Å². The Morgan fingerprint density at radius 2 is 1.89 bits per heavy atom. The molecule has 0 fully saturated rings. The summed E-state index contributed by atoms with van der Waals surface area (Å²) in [6.45, 7) is 0. The molecule has 2 heterocycles. The maximum atomic E-state index is 11.0. The highest BCUT2D eigenvalue weighted by molar-refractivity contribution is 7.26. The van der Waals surface area contributed by atoms with Gasteiger partial charge in [0, 0.05) is 25.6 Å². The van der Waals surface area contributed by atoms with Crippen LogP contribution in [0.25, 0.3) is 31.1 Å². The van der Waals surface area contributed by atoms with Crippen molar-refractivity contribution in [1.82, 2.24) is 4.98 Å². The zero-order chi connectivity index (χ0) is 13.0. The van der Waals surface area contributed by atoms with Gasteiger partial charge < -0.3 is 10.1 Å². The van der Waals surface area contributed by atoms with Crippen LogP contribution in [-0.2, 0) is 0 Å². The van der Waals surface area contributed by atoms with E-state index in [9.17, 15) is 10.0 Å².